The zero-order valence-electron chi connectivity index (χ0n) is 53.7. The van der Waals surface area contributed by atoms with Crippen molar-refractivity contribution in [3.8, 4) is 0 Å². The lowest BCUT2D eigenvalue weighted by Gasteiger charge is -2.38. The average molecular weight is 1090 g/mol. The van der Waals surface area contributed by atoms with Gasteiger partial charge in [0, 0.05) is 11.4 Å². The molecule has 0 atom stereocenters. The Morgan fingerprint density at radius 3 is 0.641 bits per heavy atom. The van der Waals surface area contributed by atoms with E-state index in [2.05, 4.69) is 78.3 Å². The summed E-state index contributed by atoms with van der Waals surface area (Å²) in [7, 11) is 0. The first-order chi connectivity index (χ1) is 38.3. The standard InChI is InChI=1S/C21H38.C20H36.C19H34.C18H32.8H2/c1-3-5-7-9-19-12-16-21(17-13-19)20-14-10-18(11-15-20)8-6-4-2;1-3-5-7-17-9-13-19(14-10-17)20-15-11-18(12-16-20)8-6-4-2;1-3-5-7-17-10-14-19(15-11-17)18-12-8-16(6-4-2)9-13-18;1-3-5-6-16-9-13-18(14-10-16)17-11-7-15(4-2)8-12-17;;;;;;;;/h4,18-21H,2-3,5-17H2,1H3;3,17-20H,1,4-16H2,2H3;3,16-19H,1,4-15H2,2H3;3,15-18H,1,4-14H2,2H3;8*1H. The Kier molecular flexibility index (Phi) is 36.4. The van der Waals surface area contributed by atoms with Gasteiger partial charge in [0.25, 0.3) is 0 Å². The highest BCUT2D eigenvalue weighted by Gasteiger charge is 2.34. The van der Waals surface area contributed by atoms with Crippen LogP contribution in [0.25, 0.3) is 0 Å². The van der Waals surface area contributed by atoms with Crippen LogP contribution in [-0.2, 0) is 0 Å². The van der Waals surface area contributed by atoms with Crippen molar-refractivity contribution >= 4 is 0 Å². The van der Waals surface area contributed by atoms with Crippen LogP contribution >= 0.6 is 0 Å². The van der Waals surface area contributed by atoms with Gasteiger partial charge in [-0.05, 0) is 249 Å². The lowest BCUT2D eigenvalue weighted by atomic mass is 9.68. The minimum absolute atomic E-state index is 0. The molecule has 0 spiro atoms. The minimum Gasteiger partial charge on any atom is -0.103 e. The molecule has 0 unspecified atom stereocenters. The molecule has 8 aliphatic rings. The van der Waals surface area contributed by atoms with Crippen molar-refractivity contribution in [3.05, 3.63) is 50.6 Å². The maximum absolute atomic E-state index is 3.87. The number of hydrogen-bond acceptors (Lipinski definition) is 0. The molecule has 8 fully saturated rings. The van der Waals surface area contributed by atoms with E-state index in [0.717, 1.165) is 94.7 Å². The molecule has 0 aromatic carbocycles. The Balaban J connectivity index is -0.000000506. The van der Waals surface area contributed by atoms with Crippen LogP contribution in [0.4, 0.5) is 0 Å². The predicted octanol–water partition coefficient (Wildman–Crippen LogP) is 28.2. The lowest BCUT2D eigenvalue weighted by molar-refractivity contribution is 0.140. The summed E-state index contributed by atoms with van der Waals surface area (Å²) in [6, 6.07) is 0. The van der Waals surface area contributed by atoms with E-state index in [-0.39, 0.29) is 11.4 Å². The van der Waals surface area contributed by atoms with Gasteiger partial charge in [-0.1, -0.05) is 219 Å². The van der Waals surface area contributed by atoms with Gasteiger partial charge >= 0.3 is 0 Å². The molecule has 0 nitrogen and oxygen atoms in total. The quantitative estimate of drug-likeness (QED) is 0.0598. The first kappa shape index (κ1) is 67.7. The molecule has 0 radical (unpaired) electrons. The molecule has 8 aliphatic carbocycles. The molecule has 0 N–H and O–H groups in total. The zero-order chi connectivity index (χ0) is 55.4. The average Bonchev–Trinajstić information content (AvgIpc) is 3.67. The normalized spacial score (nSPS) is 35.4. The maximum atomic E-state index is 3.87. The summed E-state index contributed by atoms with van der Waals surface area (Å²) in [5.41, 5.74) is 0. The second-order valence-corrected chi connectivity index (χ2v) is 29.5. The molecule has 0 heterocycles. The van der Waals surface area contributed by atoms with Crippen LogP contribution < -0.4 is 0 Å². The summed E-state index contributed by atoms with van der Waals surface area (Å²) < 4.78 is 0. The molecule has 0 saturated heterocycles. The number of rotatable bonds is 26. The van der Waals surface area contributed by atoms with E-state index < -0.39 is 0 Å². The molecule has 468 valence electrons. The van der Waals surface area contributed by atoms with E-state index >= 15 is 0 Å². The Labute approximate surface area is 503 Å². The Hall–Kier alpha value is -1.04. The lowest BCUT2D eigenvalue weighted by Crippen LogP contribution is -2.25. The number of hydrogen-bond donors (Lipinski definition) is 0. The van der Waals surface area contributed by atoms with Crippen LogP contribution in [0.2, 0.25) is 0 Å². The molecule has 78 heavy (non-hydrogen) atoms. The summed E-state index contributed by atoms with van der Waals surface area (Å²) >= 11 is 0. The van der Waals surface area contributed by atoms with Gasteiger partial charge in [-0.25, -0.2) is 0 Å². The van der Waals surface area contributed by atoms with Gasteiger partial charge < -0.3 is 0 Å². The Morgan fingerprint density at radius 2 is 0.436 bits per heavy atom. The van der Waals surface area contributed by atoms with Gasteiger partial charge in [0.1, 0.15) is 0 Å². The van der Waals surface area contributed by atoms with Gasteiger partial charge in [0.2, 0.25) is 0 Å². The third-order valence-corrected chi connectivity index (χ3v) is 24.4. The molecule has 8 rings (SSSR count). The van der Waals surface area contributed by atoms with E-state index in [4.69, 9.17) is 0 Å². The number of unbranched alkanes of at least 4 members (excludes halogenated alkanes) is 3. The van der Waals surface area contributed by atoms with Crippen LogP contribution in [0.5, 0.6) is 0 Å². The molecule has 8 saturated carbocycles. The van der Waals surface area contributed by atoms with Gasteiger partial charge in [-0.3, -0.25) is 0 Å². The topological polar surface area (TPSA) is 0 Å². The van der Waals surface area contributed by atoms with Crippen LogP contribution in [0.15, 0.2) is 50.6 Å². The van der Waals surface area contributed by atoms with Crippen molar-refractivity contribution in [2.75, 3.05) is 0 Å². The molecule has 0 heteroatoms. The fourth-order valence-corrected chi connectivity index (χ4v) is 18.7. The first-order valence-corrected chi connectivity index (χ1v) is 36.8. The van der Waals surface area contributed by atoms with Gasteiger partial charge in [-0.2, -0.15) is 0 Å². The van der Waals surface area contributed by atoms with Crippen molar-refractivity contribution in [1.29, 1.82) is 0 Å². The smallest absolute Gasteiger partial charge is 0 e. The van der Waals surface area contributed by atoms with Gasteiger partial charge in [-0.15, -0.1) is 26.3 Å². The fraction of sp³-hybridized carbons (Fsp3) is 0.897. The predicted molar refractivity (Wildman–Crippen MR) is 367 cm³/mol. The van der Waals surface area contributed by atoms with E-state index in [0.29, 0.717) is 0 Å². The molecule has 0 aliphatic heterocycles. The minimum atomic E-state index is 0. The van der Waals surface area contributed by atoms with Crippen LogP contribution in [0, 0.1) is 94.7 Å². The van der Waals surface area contributed by atoms with E-state index in [1.54, 1.807) is 77.0 Å². The fourth-order valence-electron chi connectivity index (χ4n) is 18.7. The van der Waals surface area contributed by atoms with Crippen molar-refractivity contribution in [1.82, 2.24) is 0 Å². The number of allylic oxidation sites excluding steroid dienone is 4. The van der Waals surface area contributed by atoms with E-state index in [1.807, 2.05) is 0 Å². The largest absolute Gasteiger partial charge is 0.103 e. The monoisotopic (exact) mass is 1090 g/mol. The summed E-state index contributed by atoms with van der Waals surface area (Å²) in [6.45, 7) is 24.8. The third kappa shape index (κ3) is 26.3. The highest BCUT2D eigenvalue weighted by Crippen LogP contribution is 2.47. The summed E-state index contributed by atoms with van der Waals surface area (Å²) in [5, 5.41) is 0. The Morgan fingerprint density at radius 1 is 0.231 bits per heavy atom. The third-order valence-electron chi connectivity index (χ3n) is 24.4. The van der Waals surface area contributed by atoms with Crippen molar-refractivity contribution in [2.45, 2.75) is 349 Å². The van der Waals surface area contributed by atoms with E-state index in [1.165, 1.54) is 244 Å². The van der Waals surface area contributed by atoms with Crippen LogP contribution in [0.1, 0.15) is 360 Å². The Bertz CT molecular complexity index is 1460. The maximum Gasteiger partial charge on any atom is 0 e. The molecular formula is C78H156. The zero-order valence-corrected chi connectivity index (χ0v) is 53.7. The summed E-state index contributed by atoms with van der Waals surface area (Å²) in [4.78, 5) is 0. The molecule has 0 aromatic rings. The van der Waals surface area contributed by atoms with Gasteiger partial charge in [0.15, 0.2) is 0 Å². The highest BCUT2D eigenvalue weighted by molar-refractivity contribution is 4.87. The van der Waals surface area contributed by atoms with Crippen LogP contribution in [-0.4, -0.2) is 0 Å². The summed E-state index contributed by atoms with van der Waals surface area (Å²) in [5.74, 6) is 17.1. The van der Waals surface area contributed by atoms with Crippen molar-refractivity contribution in [2.24, 2.45) is 94.7 Å². The highest BCUT2D eigenvalue weighted by atomic mass is 14.4. The second-order valence-electron chi connectivity index (χ2n) is 29.5. The molecule has 0 amide bonds. The molecule has 0 aromatic heterocycles. The summed E-state index contributed by atoms with van der Waals surface area (Å²) in [6.07, 6.45) is 82.5. The molecule has 0 bridgehead atoms. The first-order valence-electron chi connectivity index (χ1n) is 36.8. The second kappa shape index (κ2) is 41.9. The SMILES string of the molecule is C=CCCC1CCC(C2CCC(CC)CC2)CC1.C=CCCC1CCC(C2CCC(CCC)CC2)CC1.C=CCCC1CCC(C2CCC(CCCC)CC2)CC1.C=CCCC1CCC(C2CCC(CCCCC)CC2)CC1.[HH].[HH].[HH].[HH].[HH].[HH].[HH].[HH]. The van der Waals surface area contributed by atoms with Gasteiger partial charge in [0.05, 0.1) is 0 Å². The van der Waals surface area contributed by atoms with Crippen molar-refractivity contribution in [3.63, 3.8) is 0 Å². The molecular weight excluding hydrogens is 937 g/mol. The van der Waals surface area contributed by atoms with Crippen molar-refractivity contribution < 1.29 is 11.4 Å². The van der Waals surface area contributed by atoms with Crippen LogP contribution in [0.3, 0.4) is 0 Å². The van der Waals surface area contributed by atoms with E-state index in [9.17, 15) is 0 Å².